The van der Waals surface area contributed by atoms with Crippen LogP contribution >= 0.6 is 0 Å². The topological polar surface area (TPSA) is 57.7 Å². The quantitative estimate of drug-likeness (QED) is 0.555. The second kappa shape index (κ2) is 7.96. The molecule has 1 aromatic rings. The van der Waals surface area contributed by atoms with Gasteiger partial charge in [-0.2, -0.15) is 0 Å². The molecule has 0 radical (unpaired) electrons. The van der Waals surface area contributed by atoms with Crippen molar-refractivity contribution in [2.45, 2.75) is 18.9 Å². The van der Waals surface area contributed by atoms with Crippen LogP contribution in [0.1, 0.15) is 23.7 Å². The van der Waals surface area contributed by atoms with E-state index in [0.717, 1.165) is 6.42 Å². The van der Waals surface area contributed by atoms with Crippen LogP contribution in [-0.4, -0.2) is 41.1 Å². The van der Waals surface area contributed by atoms with Gasteiger partial charge in [-0.15, -0.1) is 0 Å². The average molecular weight is 269 g/mol. The largest absolute Gasteiger partial charge is 0.462 e. The van der Waals surface area contributed by atoms with Crippen LogP contribution < -0.4 is 0 Å². The lowest BCUT2D eigenvalue weighted by atomic mass is 10.3. The van der Waals surface area contributed by atoms with Crippen molar-refractivity contribution < 1.29 is 18.4 Å². The van der Waals surface area contributed by atoms with Gasteiger partial charge in [0.05, 0.1) is 12.2 Å². The molecule has 1 atom stereocenters. The molecule has 1 unspecified atom stereocenters. The first kappa shape index (κ1) is 14.8. The molecule has 18 heavy (non-hydrogen) atoms. The van der Waals surface area contributed by atoms with E-state index in [-0.39, 0.29) is 5.97 Å². The molecule has 0 spiro atoms. The van der Waals surface area contributed by atoms with Crippen molar-refractivity contribution in [3.8, 4) is 0 Å². The minimum Gasteiger partial charge on any atom is -0.462 e. The van der Waals surface area contributed by atoms with E-state index in [0.29, 0.717) is 17.7 Å². The van der Waals surface area contributed by atoms with E-state index in [1.165, 1.54) is 0 Å². The lowest BCUT2D eigenvalue weighted by molar-refractivity contribution is 0.0496. The van der Waals surface area contributed by atoms with Crippen LogP contribution in [0.5, 0.6) is 0 Å². The van der Waals surface area contributed by atoms with Crippen molar-refractivity contribution in [1.29, 1.82) is 0 Å². The molecule has 0 bridgehead atoms. The van der Waals surface area contributed by atoms with Crippen molar-refractivity contribution in [2.75, 3.05) is 20.8 Å². The second-order valence-corrected chi connectivity index (χ2v) is 6.80. The molecule has 0 fully saturated rings. The molecular formula is C12H19NO4Si. The molecule has 0 aliphatic heterocycles. The van der Waals surface area contributed by atoms with Gasteiger partial charge in [0.1, 0.15) is 0 Å². The number of hydrogen-bond donors (Lipinski definition) is 0. The molecular weight excluding hydrogens is 250 g/mol. The van der Waals surface area contributed by atoms with Gasteiger partial charge in [0.15, 0.2) is 0 Å². The molecule has 1 rings (SSSR count). The summed E-state index contributed by atoms with van der Waals surface area (Å²) in [5.74, 6) is -0.322. The molecule has 1 heterocycles. The SMILES string of the molecule is CO[SiH](OC)C(C)CCOC(=O)c1ccncc1. The summed E-state index contributed by atoms with van der Waals surface area (Å²) in [5, 5.41) is 0. The van der Waals surface area contributed by atoms with E-state index in [1.807, 2.05) is 6.92 Å². The number of nitrogens with zero attached hydrogens (tertiary/aromatic N) is 1. The molecule has 0 aliphatic rings. The fraction of sp³-hybridized carbons (Fsp3) is 0.500. The Balaban J connectivity index is 2.32. The fourth-order valence-corrected chi connectivity index (χ4v) is 3.14. The first-order valence-corrected chi connectivity index (χ1v) is 7.42. The van der Waals surface area contributed by atoms with Crippen molar-refractivity contribution in [3.63, 3.8) is 0 Å². The maximum Gasteiger partial charge on any atom is 0.338 e. The zero-order valence-electron chi connectivity index (χ0n) is 11.0. The maximum atomic E-state index is 11.6. The van der Waals surface area contributed by atoms with Crippen LogP contribution in [-0.2, 0) is 13.6 Å². The molecule has 0 amide bonds. The Morgan fingerprint density at radius 1 is 1.33 bits per heavy atom. The molecule has 5 nitrogen and oxygen atoms in total. The van der Waals surface area contributed by atoms with Gasteiger partial charge in [-0.3, -0.25) is 4.98 Å². The van der Waals surface area contributed by atoms with Crippen molar-refractivity contribution in [2.24, 2.45) is 0 Å². The van der Waals surface area contributed by atoms with Crippen LogP contribution in [0.25, 0.3) is 0 Å². The number of hydrogen-bond acceptors (Lipinski definition) is 5. The van der Waals surface area contributed by atoms with Gasteiger partial charge < -0.3 is 13.6 Å². The highest BCUT2D eigenvalue weighted by atomic mass is 28.3. The van der Waals surface area contributed by atoms with E-state index in [2.05, 4.69) is 4.98 Å². The number of ether oxygens (including phenoxy) is 1. The first-order valence-electron chi connectivity index (χ1n) is 5.81. The smallest absolute Gasteiger partial charge is 0.338 e. The number of carbonyl (C=O) groups is 1. The van der Waals surface area contributed by atoms with E-state index in [4.69, 9.17) is 13.6 Å². The summed E-state index contributed by atoms with van der Waals surface area (Å²) in [4.78, 5) is 15.5. The minimum atomic E-state index is -1.62. The lowest BCUT2D eigenvalue weighted by Crippen LogP contribution is -2.25. The Morgan fingerprint density at radius 3 is 2.50 bits per heavy atom. The molecule has 0 saturated heterocycles. The first-order chi connectivity index (χ1) is 8.69. The molecule has 100 valence electrons. The summed E-state index contributed by atoms with van der Waals surface area (Å²) in [5.41, 5.74) is 0.815. The summed E-state index contributed by atoms with van der Waals surface area (Å²) >= 11 is 0. The zero-order valence-corrected chi connectivity index (χ0v) is 12.1. The summed E-state index contributed by atoms with van der Waals surface area (Å²) in [6.45, 7) is 2.42. The average Bonchev–Trinajstić information content (AvgIpc) is 2.41. The van der Waals surface area contributed by atoms with Gasteiger partial charge in [-0.25, -0.2) is 4.79 Å². The Morgan fingerprint density at radius 2 is 1.94 bits per heavy atom. The number of aromatic nitrogens is 1. The number of pyridine rings is 1. The Hall–Kier alpha value is -1.24. The van der Waals surface area contributed by atoms with Gasteiger partial charge in [0, 0.05) is 32.2 Å². The van der Waals surface area contributed by atoms with E-state index >= 15 is 0 Å². The Bertz CT molecular complexity index is 356. The zero-order chi connectivity index (χ0) is 13.4. The van der Waals surface area contributed by atoms with Crippen molar-refractivity contribution in [3.05, 3.63) is 30.1 Å². The Labute approximate surface area is 109 Å². The molecule has 0 saturated carbocycles. The van der Waals surface area contributed by atoms with Gasteiger partial charge in [-0.05, 0) is 18.6 Å². The molecule has 0 N–H and O–H groups in total. The van der Waals surface area contributed by atoms with Gasteiger partial charge in [0.2, 0.25) is 0 Å². The predicted molar refractivity (Wildman–Crippen MR) is 69.7 cm³/mol. The van der Waals surface area contributed by atoms with Crippen LogP contribution in [0, 0.1) is 0 Å². The summed E-state index contributed by atoms with van der Waals surface area (Å²) in [6, 6.07) is 3.27. The monoisotopic (exact) mass is 269 g/mol. The van der Waals surface area contributed by atoms with Gasteiger partial charge in [0.25, 0.3) is 0 Å². The number of esters is 1. The van der Waals surface area contributed by atoms with Crippen LogP contribution in [0.15, 0.2) is 24.5 Å². The standard InChI is InChI=1S/C12H19NO4Si/c1-10(18(15-2)16-3)6-9-17-12(14)11-4-7-13-8-5-11/h4-5,7-8,10,18H,6,9H2,1-3H3. The minimum absolute atomic E-state index is 0.297. The van der Waals surface area contributed by atoms with Gasteiger partial charge >= 0.3 is 15.3 Å². The van der Waals surface area contributed by atoms with Crippen molar-refractivity contribution >= 4 is 15.3 Å². The van der Waals surface area contributed by atoms with Crippen LogP contribution in [0.4, 0.5) is 0 Å². The number of carbonyl (C=O) groups excluding carboxylic acids is 1. The molecule has 6 heteroatoms. The van der Waals surface area contributed by atoms with Crippen molar-refractivity contribution in [1.82, 2.24) is 4.98 Å². The summed E-state index contributed by atoms with van der Waals surface area (Å²) in [6.07, 6.45) is 3.88. The summed E-state index contributed by atoms with van der Waals surface area (Å²) in [7, 11) is 1.68. The Kier molecular flexibility index (Phi) is 6.56. The molecule has 0 aromatic carbocycles. The highest BCUT2D eigenvalue weighted by molar-refractivity contribution is 6.46. The highest BCUT2D eigenvalue weighted by Crippen LogP contribution is 2.15. The predicted octanol–water partition coefficient (Wildman–Crippen LogP) is 1.53. The van der Waals surface area contributed by atoms with Crippen LogP contribution in [0.2, 0.25) is 5.54 Å². The highest BCUT2D eigenvalue weighted by Gasteiger charge is 2.20. The third-order valence-electron chi connectivity index (χ3n) is 2.65. The third kappa shape index (κ3) is 4.56. The van der Waals surface area contributed by atoms with E-state index in [1.54, 1.807) is 38.7 Å². The lowest BCUT2D eigenvalue weighted by Gasteiger charge is -2.18. The van der Waals surface area contributed by atoms with Gasteiger partial charge in [-0.1, -0.05) is 6.92 Å². The molecule has 0 aliphatic carbocycles. The number of rotatable bonds is 7. The molecule has 1 aromatic heterocycles. The maximum absolute atomic E-state index is 11.6. The normalized spacial score (nSPS) is 12.4. The summed E-state index contributed by atoms with van der Waals surface area (Å²) < 4.78 is 15.7. The third-order valence-corrected chi connectivity index (χ3v) is 4.84. The van der Waals surface area contributed by atoms with E-state index in [9.17, 15) is 4.79 Å². The van der Waals surface area contributed by atoms with Crippen LogP contribution in [0.3, 0.4) is 0 Å². The second-order valence-electron chi connectivity index (χ2n) is 3.98. The fourth-order valence-electron chi connectivity index (χ4n) is 1.61. The van der Waals surface area contributed by atoms with E-state index < -0.39 is 9.28 Å².